The molecule has 0 fully saturated rings. The Morgan fingerprint density at radius 2 is 1.89 bits per heavy atom. The first-order valence-corrected chi connectivity index (χ1v) is 2.85. The van der Waals surface area contributed by atoms with E-state index in [4.69, 9.17) is 0 Å². The topological polar surface area (TPSA) is 0 Å². The Morgan fingerprint density at radius 3 is 2.22 bits per heavy atom. The number of allylic oxidation sites excluding steroid dienone is 2. The molecule has 0 unspecified atom stereocenters. The van der Waals surface area contributed by atoms with Crippen LogP contribution in [0.2, 0.25) is 6.82 Å². The number of hydrogen-bond acceptors (Lipinski definition) is 0. The van der Waals surface area contributed by atoms with Crippen LogP contribution >= 0.6 is 0 Å². The van der Waals surface area contributed by atoms with E-state index in [2.05, 4.69) is 20.5 Å². The van der Waals surface area contributed by atoms with Crippen LogP contribution in [-0.4, -0.2) is 27.8 Å². The molecule has 0 bridgehead atoms. The minimum absolute atomic E-state index is 0.883. The van der Waals surface area contributed by atoms with Gasteiger partial charge in [0, 0.05) is 0 Å². The van der Waals surface area contributed by atoms with E-state index in [9.17, 15) is 0 Å². The Morgan fingerprint density at radius 1 is 1.33 bits per heavy atom. The zero-order valence-electron chi connectivity index (χ0n) is 5.85. The second-order valence-corrected chi connectivity index (χ2v) is 1.75. The van der Waals surface area contributed by atoms with E-state index >= 15 is 0 Å². The van der Waals surface area contributed by atoms with E-state index in [1.807, 2.05) is 20.4 Å². The average molecular weight is 111 g/mol. The molecule has 0 aliphatic heterocycles. The second kappa shape index (κ2) is 4.60. The van der Waals surface area contributed by atoms with Crippen molar-refractivity contribution in [1.29, 1.82) is 0 Å². The predicted molar refractivity (Wildman–Crippen MR) is 48.6 cm³/mol. The fraction of sp³-hybridized carbons (Fsp3) is 0.200. The van der Waals surface area contributed by atoms with Gasteiger partial charge in [-0.25, -0.2) is 0 Å². The molecule has 0 spiro atoms. The van der Waals surface area contributed by atoms with Gasteiger partial charge >= 0.3 is 58.7 Å². The zero-order chi connectivity index (χ0) is 7.28. The van der Waals surface area contributed by atoms with E-state index in [-0.39, 0.29) is 0 Å². The molecule has 40 valence electrons. The van der Waals surface area contributed by atoms with Crippen molar-refractivity contribution in [3.05, 3.63) is 24.1 Å². The summed E-state index contributed by atoms with van der Waals surface area (Å²) in [6, 6.07) is 0. The van der Waals surface area contributed by atoms with Crippen LogP contribution in [0, 0.1) is 0 Å². The van der Waals surface area contributed by atoms with Gasteiger partial charge in [-0.1, -0.05) is 0 Å². The first-order valence-electron chi connectivity index (χ1n) is 2.85. The summed E-state index contributed by atoms with van der Waals surface area (Å²) in [6.45, 7) is 15.0. The van der Waals surface area contributed by atoms with Crippen molar-refractivity contribution in [2.24, 2.45) is 0 Å². The third-order valence-corrected chi connectivity index (χ3v) is 1.03. The Balaban J connectivity index is 4.04. The van der Waals surface area contributed by atoms with Crippen molar-refractivity contribution < 1.29 is 0 Å². The van der Waals surface area contributed by atoms with Crippen molar-refractivity contribution in [3.63, 3.8) is 0 Å². The van der Waals surface area contributed by atoms with E-state index in [1.54, 1.807) is 6.80 Å². The summed E-state index contributed by atoms with van der Waals surface area (Å²) < 4.78 is 0. The second-order valence-electron chi connectivity index (χ2n) is 1.75. The molecule has 0 aliphatic rings. The van der Waals surface area contributed by atoms with Gasteiger partial charge in [0.25, 0.3) is 0 Å². The summed E-state index contributed by atoms with van der Waals surface area (Å²) in [5.41, 5.74) is 1.81. The number of rotatable bonds is 3. The van der Waals surface area contributed by atoms with Crippen LogP contribution in [0.25, 0.3) is 0 Å². The first kappa shape index (κ1) is 8.74. The van der Waals surface area contributed by atoms with Crippen LogP contribution in [-0.2, 0) is 0 Å². The fourth-order valence-electron chi connectivity index (χ4n) is 0.439. The number of hydrogen-bond donors (Lipinski definition) is 0. The summed E-state index contributed by atoms with van der Waals surface area (Å²) in [7, 11) is 3.57. The van der Waals surface area contributed by atoms with Gasteiger partial charge in [0.05, 0.1) is 0 Å². The monoisotopic (exact) mass is 112 g/mol. The average Bonchev–Trinajstić information content (AvgIpc) is 1.87. The third kappa shape index (κ3) is 3.34. The normalized spacial score (nSPS) is 7.11. The van der Waals surface area contributed by atoms with Crippen LogP contribution < -0.4 is 0 Å². The fourth-order valence-corrected chi connectivity index (χ4v) is 0.439. The maximum atomic E-state index is 3.76. The van der Waals surface area contributed by atoms with Gasteiger partial charge in [-0.15, -0.1) is 0 Å². The molecule has 0 N–H and O–H groups in total. The van der Waals surface area contributed by atoms with Crippen LogP contribution in [0.5, 0.6) is 0 Å². The molecule has 0 rings (SSSR count). The van der Waals surface area contributed by atoms with Gasteiger partial charge in [-0.2, -0.15) is 0 Å². The van der Waals surface area contributed by atoms with E-state index in [0.29, 0.717) is 0 Å². The van der Waals surface area contributed by atoms with Crippen LogP contribution in [0.3, 0.4) is 0 Å². The predicted octanol–water partition coefficient (Wildman–Crippen LogP) is -0.0947. The molecule has 0 radical (unpaired) electrons. The quantitative estimate of drug-likeness (QED) is 0.353. The minimum atomic E-state index is 0.883. The molecule has 0 atom stereocenters. The molecule has 0 aromatic rings. The summed E-state index contributed by atoms with van der Waals surface area (Å²) in [5, 5.41) is 0. The molecule has 0 aliphatic carbocycles. The Bertz CT molecular complexity index is 168. The van der Waals surface area contributed by atoms with Gasteiger partial charge in [-0.3, -0.25) is 0 Å². The zero-order valence-corrected chi connectivity index (χ0v) is 5.85. The van der Waals surface area contributed by atoms with Crippen molar-refractivity contribution >= 4 is 27.8 Å². The molecule has 0 heterocycles. The summed E-state index contributed by atoms with van der Waals surface area (Å²) in [6.07, 6.45) is 0. The first-order chi connectivity index (χ1) is 4.22. The van der Waals surface area contributed by atoms with E-state index in [1.165, 1.54) is 0 Å². The standard InChI is InChI=1S/C5H8B4/c1-4(8-6)5(2)9-7-3/h6H,1-2H2,3H3. The Hall–Kier alpha value is -0.260. The molecule has 9 heavy (non-hydrogen) atoms. The third-order valence-electron chi connectivity index (χ3n) is 1.03. The maximum absolute atomic E-state index is 3.76. The van der Waals surface area contributed by atoms with Gasteiger partial charge in [0.15, 0.2) is 0 Å². The molecule has 0 amide bonds. The Kier molecular flexibility index (Phi) is 4.47. The van der Waals surface area contributed by atoms with Gasteiger partial charge in [0.1, 0.15) is 0 Å². The molecular formula is C5H8B4. The van der Waals surface area contributed by atoms with Crippen molar-refractivity contribution in [2.75, 3.05) is 0 Å². The van der Waals surface area contributed by atoms with Gasteiger partial charge in [-0.05, 0) is 0 Å². The summed E-state index contributed by atoms with van der Waals surface area (Å²) >= 11 is 0. The SMILES string of the molecule is B=BC(=C)C(=C)/B=B\C. The summed E-state index contributed by atoms with van der Waals surface area (Å²) in [5.74, 6) is 0. The van der Waals surface area contributed by atoms with Crippen molar-refractivity contribution in [2.45, 2.75) is 6.82 Å². The van der Waals surface area contributed by atoms with E-state index in [0.717, 1.165) is 10.9 Å². The molecule has 0 saturated heterocycles. The molecule has 4 heteroatoms. The molecule has 0 nitrogen and oxygen atoms in total. The molecule has 0 aromatic heterocycles. The van der Waals surface area contributed by atoms with Gasteiger partial charge < -0.3 is 0 Å². The molecule has 0 saturated carbocycles. The molecular weight excluding hydrogens is 103 g/mol. The van der Waals surface area contributed by atoms with Crippen molar-refractivity contribution in [3.8, 4) is 0 Å². The Labute approximate surface area is 59.4 Å². The van der Waals surface area contributed by atoms with Crippen LogP contribution in [0.1, 0.15) is 0 Å². The summed E-state index contributed by atoms with van der Waals surface area (Å²) in [4.78, 5) is 0. The molecule has 0 aromatic carbocycles. The van der Waals surface area contributed by atoms with Crippen LogP contribution in [0.4, 0.5) is 0 Å². The van der Waals surface area contributed by atoms with Crippen molar-refractivity contribution in [1.82, 2.24) is 0 Å². The van der Waals surface area contributed by atoms with E-state index < -0.39 is 0 Å². The van der Waals surface area contributed by atoms with Gasteiger partial charge in [0.2, 0.25) is 0 Å². The van der Waals surface area contributed by atoms with Crippen LogP contribution in [0.15, 0.2) is 24.1 Å².